The van der Waals surface area contributed by atoms with Crippen molar-refractivity contribution in [2.75, 3.05) is 0 Å². The standard InChI is InChI=1S/C3H7N3O2.3H2/c1-2(7)5-6-3(4)8;;;/h1H3,(H,5,7)(H3,4,6,8);3*1H. The van der Waals surface area contributed by atoms with Crippen LogP contribution in [0.5, 0.6) is 0 Å². The molecule has 8 heavy (non-hydrogen) atoms. The molecule has 0 aliphatic rings. The Morgan fingerprint density at radius 2 is 2.00 bits per heavy atom. The van der Waals surface area contributed by atoms with Crippen molar-refractivity contribution in [2.45, 2.75) is 6.92 Å². The molecule has 5 nitrogen and oxygen atoms in total. The van der Waals surface area contributed by atoms with Crippen LogP contribution in [-0.2, 0) is 4.79 Å². The fourth-order valence-electron chi connectivity index (χ4n) is 0.150. The Morgan fingerprint density at radius 1 is 1.50 bits per heavy atom. The van der Waals surface area contributed by atoms with Gasteiger partial charge in [-0.3, -0.25) is 10.2 Å². The largest absolute Gasteiger partial charge is 0.350 e. The van der Waals surface area contributed by atoms with E-state index >= 15 is 0 Å². The zero-order valence-corrected chi connectivity index (χ0v) is 4.39. The van der Waals surface area contributed by atoms with E-state index in [4.69, 9.17) is 0 Å². The summed E-state index contributed by atoms with van der Waals surface area (Å²) in [5.74, 6) is -0.358. The molecule has 0 radical (unpaired) electrons. The van der Waals surface area contributed by atoms with Gasteiger partial charge in [0.05, 0.1) is 0 Å². The molecule has 0 aromatic heterocycles. The first kappa shape index (κ1) is 6.74. The minimum atomic E-state index is -0.778. The van der Waals surface area contributed by atoms with Crippen LogP contribution in [0.25, 0.3) is 0 Å². The number of nitrogens with one attached hydrogen (secondary N) is 2. The van der Waals surface area contributed by atoms with Gasteiger partial charge in [-0.15, -0.1) is 0 Å². The average molecular weight is 123 g/mol. The maximum absolute atomic E-state index is 9.97. The molecule has 3 amide bonds. The first-order valence-electron chi connectivity index (χ1n) is 1.95. The Morgan fingerprint density at radius 3 is 2.12 bits per heavy atom. The maximum Gasteiger partial charge on any atom is 0.330 e. The highest BCUT2D eigenvalue weighted by molar-refractivity contribution is 5.78. The number of hydrogen-bond acceptors (Lipinski definition) is 2. The van der Waals surface area contributed by atoms with E-state index in [1.54, 1.807) is 0 Å². The van der Waals surface area contributed by atoms with E-state index in [1.807, 2.05) is 10.9 Å². The molecule has 0 atom stereocenters. The van der Waals surface area contributed by atoms with E-state index in [0.717, 1.165) is 0 Å². The highest BCUT2D eigenvalue weighted by atomic mass is 16.2. The predicted molar refractivity (Wildman–Crippen MR) is 32.9 cm³/mol. The van der Waals surface area contributed by atoms with Crippen molar-refractivity contribution >= 4 is 11.9 Å². The van der Waals surface area contributed by atoms with Gasteiger partial charge in [-0.05, 0) is 0 Å². The molecule has 0 saturated heterocycles. The molecular formula is C3H13N3O2. The number of carbonyl (C=O) groups is 2. The van der Waals surface area contributed by atoms with Gasteiger partial charge in [0.25, 0.3) is 0 Å². The van der Waals surface area contributed by atoms with Crippen molar-refractivity contribution in [2.24, 2.45) is 5.73 Å². The fourth-order valence-corrected chi connectivity index (χ4v) is 0.150. The van der Waals surface area contributed by atoms with Crippen molar-refractivity contribution in [1.82, 2.24) is 10.9 Å². The average Bonchev–Trinajstić information content (AvgIpc) is 1.61. The van der Waals surface area contributed by atoms with Crippen molar-refractivity contribution in [3.63, 3.8) is 0 Å². The third-order valence-electron chi connectivity index (χ3n) is 0.362. The van der Waals surface area contributed by atoms with Crippen molar-refractivity contribution < 1.29 is 13.9 Å². The third kappa shape index (κ3) is 4.74. The van der Waals surface area contributed by atoms with Crippen LogP contribution in [0.1, 0.15) is 11.2 Å². The molecular weight excluding hydrogens is 110 g/mol. The molecule has 0 rings (SSSR count). The second-order valence-electron chi connectivity index (χ2n) is 1.17. The molecule has 0 aliphatic carbocycles. The summed E-state index contributed by atoms with van der Waals surface area (Å²) in [4.78, 5) is 19.8. The number of amides is 3. The van der Waals surface area contributed by atoms with Crippen LogP contribution in [-0.4, -0.2) is 11.9 Å². The second-order valence-corrected chi connectivity index (χ2v) is 1.17. The number of hydrogen-bond donors (Lipinski definition) is 3. The van der Waals surface area contributed by atoms with Gasteiger partial charge in [0.2, 0.25) is 5.91 Å². The van der Waals surface area contributed by atoms with E-state index in [-0.39, 0.29) is 10.2 Å². The topological polar surface area (TPSA) is 84.2 Å². The molecule has 0 spiro atoms. The highest BCUT2D eigenvalue weighted by Gasteiger charge is 1.89. The number of hydrazine groups is 1. The van der Waals surface area contributed by atoms with Crippen molar-refractivity contribution in [3.05, 3.63) is 0 Å². The van der Waals surface area contributed by atoms with Gasteiger partial charge < -0.3 is 5.73 Å². The second kappa shape index (κ2) is 2.84. The molecule has 0 saturated carbocycles. The fraction of sp³-hybridized carbons (Fsp3) is 0.333. The Labute approximate surface area is 50.7 Å². The van der Waals surface area contributed by atoms with Crippen LogP contribution in [0.2, 0.25) is 0 Å². The summed E-state index contributed by atoms with van der Waals surface area (Å²) in [6, 6.07) is -0.778. The zero-order valence-electron chi connectivity index (χ0n) is 4.39. The highest BCUT2D eigenvalue weighted by Crippen LogP contribution is 1.51. The first-order valence-corrected chi connectivity index (χ1v) is 1.95. The quantitative estimate of drug-likeness (QED) is 0.377. The molecule has 5 heteroatoms. The molecule has 0 fully saturated rings. The SMILES string of the molecule is CC(=O)NNC(N)=O.[HH].[HH].[HH]. The Balaban J connectivity index is -0.0000000817. The number of carbonyl (C=O) groups excluding carboxylic acids is 2. The molecule has 0 aromatic carbocycles. The van der Waals surface area contributed by atoms with Gasteiger partial charge in [-0.2, -0.15) is 0 Å². The number of urea groups is 1. The summed E-state index contributed by atoms with van der Waals surface area (Å²) >= 11 is 0. The molecule has 4 N–H and O–H groups in total. The predicted octanol–water partition coefficient (Wildman–Crippen LogP) is -0.556. The summed E-state index contributed by atoms with van der Waals surface area (Å²) in [5.41, 5.74) is 8.44. The molecule has 0 aliphatic heterocycles. The summed E-state index contributed by atoms with van der Waals surface area (Å²) in [6.07, 6.45) is 0. The van der Waals surface area contributed by atoms with Gasteiger partial charge in [-0.25, -0.2) is 10.2 Å². The minimum absolute atomic E-state index is 0. The van der Waals surface area contributed by atoms with Crippen LogP contribution >= 0.6 is 0 Å². The Kier molecular flexibility index (Phi) is 2.39. The monoisotopic (exact) mass is 123 g/mol. The smallest absolute Gasteiger partial charge is 0.330 e. The lowest BCUT2D eigenvalue weighted by atomic mass is 10.8. The molecule has 52 valence electrons. The van der Waals surface area contributed by atoms with Crippen molar-refractivity contribution in [1.29, 1.82) is 0 Å². The van der Waals surface area contributed by atoms with E-state index in [2.05, 4.69) is 5.73 Å². The molecule has 0 heterocycles. The van der Waals surface area contributed by atoms with Gasteiger partial charge in [0.15, 0.2) is 0 Å². The lowest BCUT2D eigenvalue weighted by Gasteiger charge is -1.97. The zero-order chi connectivity index (χ0) is 6.57. The number of primary amides is 1. The van der Waals surface area contributed by atoms with Gasteiger partial charge in [0, 0.05) is 11.2 Å². The normalized spacial score (nSPS) is 7.62. The van der Waals surface area contributed by atoms with Gasteiger partial charge in [0.1, 0.15) is 0 Å². The lowest BCUT2D eigenvalue weighted by molar-refractivity contribution is -0.119. The first-order chi connectivity index (χ1) is 3.63. The summed E-state index contributed by atoms with van der Waals surface area (Å²) < 4.78 is 0. The van der Waals surface area contributed by atoms with Crippen LogP contribution in [0.15, 0.2) is 0 Å². The van der Waals surface area contributed by atoms with E-state index < -0.39 is 6.03 Å². The maximum atomic E-state index is 9.97. The Bertz CT molecular complexity index is 106. The lowest BCUT2D eigenvalue weighted by Crippen LogP contribution is -2.43. The summed E-state index contributed by atoms with van der Waals surface area (Å²) in [7, 11) is 0. The Hall–Kier alpha value is -1.26. The third-order valence-corrected chi connectivity index (χ3v) is 0.362. The van der Waals surface area contributed by atoms with E-state index in [1.165, 1.54) is 6.92 Å². The minimum Gasteiger partial charge on any atom is -0.350 e. The van der Waals surface area contributed by atoms with Crippen LogP contribution in [0.4, 0.5) is 4.79 Å². The summed E-state index contributed by atoms with van der Waals surface area (Å²) in [5, 5.41) is 0. The van der Waals surface area contributed by atoms with Crippen LogP contribution in [0, 0.1) is 0 Å². The molecule has 0 aromatic rings. The molecule has 0 unspecified atom stereocenters. The van der Waals surface area contributed by atoms with E-state index in [0.29, 0.717) is 0 Å². The van der Waals surface area contributed by atoms with Crippen LogP contribution < -0.4 is 16.6 Å². The van der Waals surface area contributed by atoms with E-state index in [9.17, 15) is 9.59 Å². The van der Waals surface area contributed by atoms with Gasteiger partial charge >= 0.3 is 6.03 Å². The summed E-state index contributed by atoms with van der Waals surface area (Å²) in [6.45, 7) is 1.26. The number of rotatable bonds is 0. The van der Waals surface area contributed by atoms with Crippen LogP contribution in [0.3, 0.4) is 0 Å². The van der Waals surface area contributed by atoms with Crippen molar-refractivity contribution in [3.8, 4) is 0 Å². The van der Waals surface area contributed by atoms with Gasteiger partial charge in [-0.1, -0.05) is 0 Å². The number of nitrogens with two attached hydrogens (primary N) is 1. The molecule has 0 bridgehead atoms.